The highest BCUT2D eigenvalue weighted by atomic mass is 79.9. The smallest absolute Gasteiger partial charge is 0.416 e. The predicted molar refractivity (Wildman–Crippen MR) is 590 cm³/mol. The molecule has 22 rings (SSSR count). The van der Waals surface area contributed by atoms with E-state index in [1.54, 1.807) is 22.7 Å². The molecule has 26 heteroatoms. The summed E-state index contributed by atoms with van der Waals surface area (Å²) in [6.45, 7) is 8.87. The van der Waals surface area contributed by atoms with Crippen LogP contribution in [0.5, 0.6) is 5.75 Å². The van der Waals surface area contributed by atoms with Crippen LogP contribution >= 0.6 is 55.4 Å². The number of nitrogens with zero attached hydrogens (tertiary/aromatic N) is 12. The van der Waals surface area contributed by atoms with Crippen molar-refractivity contribution in [2.24, 2.45) is 64.4 Å². The van der Waals surface area contributed by atoms with Crippen LogP contribution in [0.2, 0.25) is 0 Å². The van der Waals surface area contributed by atoms with Gasteiger partial charge in [0, 0.05) is 101 Å². The molecule has 1 unspecified atom stereocenters. The van der Waals surface area contributed by atoms with Gasteiger partial charge in [0.25, 0.3) is 0 Å². The van der Waals surface area contributed by atoms with E-state index < -0.39 is 11.7 Å². The molecule has 0 radical (unpaired) electrons. The van der Waals surface area contributed by atoms with Gasteiger partial charge in [-0.05, 0) is 246 Å². The van der Waals surface area contributed by atoms with E-state index in [2.05, 4.69) is 256 Å². The number of hydrogen-bond acceptors (Lipinski definition) is 9. The second-order valence-electron chi connectivity index (χ2n) is 34.3. The molecule has 0 aliphatic carbocycles. The number of thioether (sulfide) groups is 2. The lowest BCUT2D eigenvalue weighted by molar-refractivity contribution is -0.137. The molecule has 0 amide bonds. The van der Waals surface area contributed by atoms with E-state index in [-0.39, 0.29) is 5.96 Å². The molecule has 0 saturated carbocycles. The number of ether oxygens (including phenoxy) is 1. The van der Waals surface area contributed by atoms with Gasteiger partial charge in [-0.2, -0.15) is 13.2 Å². The number of halogens is 5. The van der Waals surface area contributed by atoms with Gasteiger partial charge < -0.3 is 68.5 Å². The Morgan fingerprint density at radius 1 is 0.371 bits per heavy atom. The van der Waals surface area contributed by atoms with Crippen LogP contribution in [0.25, 0.3) is 43.1 Å². The number of alkyl halides is 3. The molecule has 6 aliphatic heterocycles. The van der Waals surface area contributed by atoms with Crippen molar-refractivity contribution in [3.8, 4) is 5.75 Å². The van der Waals surface area contributed by atoms with Gasteiger partial charge in [-0.1, -0.05) is 252 Å². The maximum Gasteiger partial charge on any atom is 0.416 e. The first-order valence-electron chi connectivity index (χ1n) is 46.8. The number of aliphatic imine (C=N–C) groups is 6. The lowest BCUT2D eigenvalue weighted by Crippen LogP contribution is -2.46. The number of nitrogens with two attached hydrogens (primary N) is 6. The fraction of sp³-hybridized carbons (Fsp3) is 0.175. The number of para-hydroxylation sites is 5. The van der Waals surface area contributed by atoms with Gasteiger partial charge in [-0.15, -0.1) is 23.5 Å². The summed E-state index contributed by atoms with van der Waals surface area (Å²) in [6.07, 6.45) is 5.80. The minimum absolute atomic E-state index is 0.166. The van der Waals surface area contributed by atoms with Crippen LogP contribution in [0.3, 0.4) is 0 Å². The average Bonchev–Trinajstić information content (AvgIpc) is 0.805. The fourth-order valence-electron chi connectivity index (χ4n) is 18.2. The Morgan fingerprint density at radius 2 is 0.800 bits per heavy atom. The lowest BCUT2D eigenvalue weighted by atomic mass is 9.97. The topological polar surface area (TPSA) is 259 Å². The molecule has 6 heterocycles. The van der Waals surface area contributed by atoms with E-state index in [0.717, 1.165) is 176 Å². The molecule has 0 aromatic heterocycles. The van der Waals surface area contributed by atoms with E-state index in [4.69, 9.17) is 54.1 Å². The monoisotopic (exact) mass is 2020 g/mol. The molecule has 0 spiro atoms. The van der Waals surface area contributed by atoms with E-state index in [1.807, 2.05) is 168 Å². The molecule has 1 atom stereocenters. The molecule has 0 fully saturated rings. The molecular weight excluding hydrogens is 1920 g/mol. The Morgan fingerprint density at radius 3 is 1.36 bits per heavy atom. The summed E-state index contributed by atoms with van der Waals surface area (Å²) in [4.78, 5) is 42.5. The van der Waals surface area contributed by atoms with Crippen LogP contribution < -0.4 is 68.5 Å². The third-order valence-corrected chi connectivity index (χ3v) is 28.0. The fourth-order valence-corrected chi connectivity index (χ4v) is 20.3. The van der Waals surface area contributed by atoms with Crippen LogP contribution in [0.4, 0.5) is 81.4 Å². The number of guanidine groups is 6. The Hall–Kier alpha value is -14.6. The Bertz CT molecular complexity index is 7190. The maximum atomic E-state index is 13.0. The molecule has 19 nitrogen and oxygen atoms in total. The first kappa shape index (κ1) is 97.1. The number of hydrogen-bond donors (Lipinski definition) is 6. The average molecular weight is 2030 g/mol. The van der Waals surface area contributed by atoms with Gasteiger partial charge >= 0.3 is 6.18 Å². The predicted octanol–water partition coefficient (Wildman–Crippen LogP) is 26.7. The van der Waals surface area contributed by atoms with Gasteiger partial charge in [-0.25, -0.2) is 30.0 Å². The van der Waals surface area contributed by atoms with Crippen LogP contribution in [-0.4, -0.2) is 93.1 Å². The summed E-state index contributed by atoms with van der Waals surface area (Å²) in [5, 5.41) is 9.17. The van der Waals surface area contributed by atoms with Gasteiger partial charge in [0.2, 0.25) is 35.8 Å². The molecular formula is C114H109Br2F3N18OS2. The Kier molecular flexibility index (Phi) is 31.5. The van der Waals surface area contributed by atoms with Crippen molar-refractivity contribution in [2.45, 2.75) is 87.2 Å². The second-order valence-corrected chi connectivity index (χ2v) is 38.1. The number of rotatable bonds is 7. The number of benzene rings is 16. The normalized spacial score (nSPS) is 15.3. The zero-order chi connectivity index (χ0) is 97.2. The van der Waals surface area contributed by atoms with Gasteiger partial charge in [-0.3, -0.25) is 0 Å². The first-order chi connectivity index (χ1) is 68.1. The van der Waals surface area contributed by atoms with E-state index in [9.17, 15) is 13.2 Å². The summed E-state index contributed by atoms with van der Waals surface area (Å²) in [5.41, 5.74) is 54.7. The summed E-state index contributed by atoms with van der Waals surface area (Å²) >= 11 is 10.3. The highest BCUT2D eigenvalue weighted by Gasteiger charge is 2.34. The van der Waals surface area contributed by atoms with Crippen molar-refractivity contribution < 1.29 is 17.9 Å². The van der Waals surface area contributed by atoms with Crippen LogP contribution in [0.1, 0.15) is 66.0 Å². The van der Waals surface area contributed by atoms with Crippen molar-refractivity contribution in [3.63, 3.8) is 0 Å². The molecule has 16 aromatic carbocycles. The summed E-state index contributed by atoms with van der Waals surface area (Å²) < 4.78 is 46.4. The SMILES string of the molecule is CC1CCc2ccccc2N1C(N)=Nc1cccc2ccccc12.CSc1cccc(N=C(N)N2CCCc3ccccc32)c1.Cc1ccc2c(c1)CCCN2C(N)=Nc1cccc2ccccc12.NC(=Nc1cc(Br)ccc1Br)N1CCCc2ccc(C(F)(F)F)cc21.NC(=Nc1cccc2ccccc12)N1CCOc2ccccc21.NC(=Nc1cccc2ccccc12)N1CCSc2ccccc21. The van der Waals surface area contributed by atoms with Gasteiger partial charge in [0.05, 0.1) is 57.6 Å². The number of aryl methyl sites for hydroxylation is 5. The molecule has 0 bridgehead atoms. The van der Waals surface area contributed by atoms with E-state index in [1.165, 1.54) is 71.3 Å². The van der Waals surface area contributed by atoms with Crippen molar-refractivity contribution in [2.75, 3.05) is 80.7 Å². The van der Waals surface area contributed by atoms with E-state index >= 15 is 0 Å². The largest absolute Gasteiger partial charge is 0.490 e. The quantitative estimate of drug-likeness (QED) is 0.0492. The molecule has 12 N–H and O–H groups in total. The molecule has 140 heavy (non-hydrogen) atoms. The summed E-state index contributed by atoms with van der Waals surface area (Å²) in [7, 11) is 0. The van der Waals surface area contributed by atoms with Crippen LogP contribution in [0, 0.1) is 6.92 Å². The van der Waals surface area contributed by atoms with Crippen molar-refractivity contribution in [1.29, 1.82) is 0 Å². The zero-order valence-corrected chi connectivity index (χ0v) is 82.8. The first-order valence-corrected chi connectivity index (χ1v) is 50.6. The third kappa shape index (κ3) is 23.4. The van der Waals surface area contributed by atoms with Crippen molar-refractivity contribution in [1.82, 2.24) is 0 Å². The van der Waals surface area contributed by atoms with E-state index in [0.29, 0.717) is 66.9 Å². The van der Waals surface area contributed by atoms with Crippen LogP contribution in [-0.2, 0) is 31.9 Å². The highest BCUT2D eigenvalue weighted by molar-refractivity contribution is 9.11. The number of anilines is 6. The molecule has 6 aliphatic rings. The van der Waals surface area contributed by atoms with Gasteiger partial charge in [0.1, 0.15) is 12.4 Å². The Labute approximate surface area is 840 Å². The number of fused-ring (bicyclic) bond motifs is 10. The second kappa shape index (κ2) is 45.4. The minimum Gasteiger partial charge on any atom is -0.490 e. The van der Waals surface area contributed by atoms with Gasteiger partial charge in [0.15, 0.2) is 0 Å². The van der Waals surface area contributed by atoms with Crippen LogP contribution in [0.15, 0.2) is 394 Å². The maximum absolute atomic E-state index is 13.0. The van der Waals surface area contributed by atoms with Crippen molar-refractivity contribution >= 4 is 202 Å². The van der Waals surface area contributed by atoms with Crippen molar-refractivity contribution in [3.05, 3.63) is 388 Å². The standard InChI is InChI=1S/2C21H21N3.C19H17N3O.C19H17N3S.C17H14Br2F3N3.C17H19N3S/c1-15-13-14-17-8-3-5-12-20(17)24(15)21(22)23-19-11-6-9-16-7-2-4-10-18(16)19;1-15-11-12-20-17(14-15)8-5-13-24(20)21(22)23-19-10-4-7-16-6-2-3-9-18(16)19;2*20-19(22-12-13-23-18-11-4-3-10-17(18)22)21-16-9-5-7-14-6-1-2-8-15(14)16;18-12-5-6-13(19)14(9-12)24-16(23)25-7-1-2-10-3-4-11(8-15(10)25)17(20,21)22;1-21-15-9-4-8-14(12-15)19-17(18)20-11-5-7-13-6-2-3-10-16(13)20/h2-12,15H,13-14H2,1H3,(H2,22,23);2-4,6-7,9-12,14H,5,8,13H2,1H3,(H2,22,23);2*1-11H,12-13H2,(H2,20,21);3-6,8-9H,1-2,7H2,(H2,23,24);2-4,6,8-10,12H,5,7,11H2,1H3,(H2,18,19). The Balaban J connectivity index is 0.000000116. The third-order valence-electron chi connectivity index (χ3n) is 25.1. The molecule has 16 aromatic rings. The zero-order valence-electron chi connectivity index (χ0n) is 78.0. The summed E-state index contributed by atoms with van der Waals surface area (Å²) in [6, 6.07) is 115. The highest BCUT2D eigenvalue weighted by Crippen LogP contribution is 2.42. The minimum atomic E-state index is -4.39. The lowest BCUT2D eigenvalue weighted by Gasteiger charge is -2.36. The summed E-state index contributed by atoms with van der Waals surface area (Å²) in [5.74, 6) is 4.76. The molecule has 0 saturated heterocycles. The molecule has 708 valence electrons.